The van der Waals surface area contributed by atoms with Gasteiger partial charge in [0, 0.05) is 37.4 Å². The highest BCUT2D eigenvalue weighted by Gasteiger charge is 2.25. The van der Waals surface area contributed by atoms with Gasteiger partial charge in [-0.1, -0.05) is 13.8 Å². The van der Waals surface area contributed by atoms with Crippen LogP contribution in [-0.4, -0.2) is 51.2 Å². The molecule has 1 atom stereocenters. The van der Waals surface area contributed by atoms with Gasteiger partial charge in [0.2, 0.25) is 0 Å². The van der Waals surface area contributed by atoms with E-state index in [1.807, 2.05) is 15.6 Å². The van der Waals surface area contributed by atoms with Crippen LogP contribution in [0.4, 0.5) is 0 Å². The van der Waals surface area contributed by atoms with Crippen LogP contribution in [0.1, 0.15) is 62.6 Å². The van der Waals surface area contributed by atoms with Crippen LogP contribution in [0.3, 0.4) is 0 Å². The summed E-state index contributed by atoms with van der Waals surface area (Å²) in [6, 6.07) is 2.48. The average Bonchev–Trinajstić information content (AvgIpc) is 2.97. The molecule has 0 unspecified atom stereocenters. The maximum Gasteiger partial charge on any atom is 0.254 e. The second-order valence-corrected chi connectivity index (χ2v) is 7.28. The maximum atomic E-state index is 13.1. The van der Waals surface area contributed by atoms with E-state index >= 15 is 0 Å². The topological polar surface area (TPSA) is 63.1 Å². The summed E-state index contributed by atoms with van der Waals surface area (Å²) in [6.07, 6.45) is 1.78. The third-order valence-electron chi connectivity index (χ3n) is 4.55. The summed E-state index contributed by atoms with van der Waals surface area (Å²) in [6.45, 7) is 12.8. The van der Waals surface area contributed by atoms with Crippen molar-refractivity contribution in [2.75, 3.05) is 19.6 Å². The van der Waals surface area contributed by atoms with Crippen molar-refractivity contribution in [3.8, 4) is 0 Å². The van der Waals surface area contributed by atoms with Crippen LogP contribution < -0.4 is 5.32 Å². The highest BCUT2D eigenvalue weighted by molar-refractivity contribution is 6.05. The van der Waals surface area contributed by atoms with Crippen LogP contribution in [0.25, 0.3) is 11.0 Å². The lowest BCUT2D eigenvalue weighted by Crippen LogP contribution is -2.51. The first-order valence-corrected chi connectivity index (χ1v) is 8.79. The van der Waals surface area contributed by atoms with Gasteiger partial charge in [0.05, 0.1) is 17.1 Å². The van der Waals surface area contributed by atoms with E-state index in [1.54, 1.807) is 6.20 Å². The van der Waals surface area contributed by atoms with Gasteiger partial charge in [-0.05, 0) is 32.8 Å². The Morgan fingerprint density at radius 2 is 2.08 bits per heavy atom. The molecule has 0 aromatic carbocycles. The molecule has 1 saturated heterocycles. The van der Waals surface area contributed by atoms with Gasteiger partial charge in [0.25, 0.3) is 5.91 Å². The molecule has 6 nitrogen and oxygen atoms in total. The minimum atomic E-state index is 0.0842. The molecule has 3 rings (SSSR count). The monoisotopic (exact) mass is 329 g/mol. The minimum absolute atomic E-state index is 0.0842. The fraction of sp³-hybridized carbons (Fsp3) is 0.611. The Morgan fingerprint density at radius 1 is 1.33 bits per heavy atom. The third kappa shape index (κ3) is 3.02. The zero-order chi connectivity index (χ0) is 17.4. The largest absolute Gasteiger partial charge is 0.336 e. The molecular weight excluding hydrogens is 302 g/mol. The molecule has 1 amide bonds. The van der Waals surface area contributed by atoms with E-state index in [4.69, 9.17) is 4.98 Å². The molecule has 3 heterocycles. The first-order chi connectivity index (χ1) is 11.4. The number of amides is 1. The van der Waals surface area contributed by atoms with Crippen molar-refractivity contribution in [2.24, 2.45) is 0 Å². The molecule has 2 aromatic heterocycles. The maximum absolute atomic E-state index is 13.1. The van der Waals surface area contributed by atoms with Crippen molar-refractivity contribution < 1.29 is 4.79 Å². The van der Waals surface area contributed by atoms with Crippen molar-refractivity contribution in [1.82, 2.24) is 25.0 Å². The van der Waals surface area contributed by atoms with Gasteiger partial charge in [0.15, 0.2) is 5.65 Å². The van der Waals surface area contributed by atoms with Gasteiger partial charge >= 0.3 is 0 Å². The number of carbonyl (C=O) groups is 1. The molecule has 0 bridgehead atoms. The smallest absolute Gasteiger partial charge is 0.254 e. The molecule has 0 aliphatic carbocycles. The lowest BCUT2D eigenvalue weighted by molar-refractivity contribution is 0.0711. The summed E-state index contributed by atoms with van der Waals surface area (Å²) < 4.78 is 1.90. The lowest BCUT2D eigenvalue weighted by atomic mass is 10.0. The molecule has 0 saturated carbocycles. The minimum Gasteiger partial charge on any atom is -0.336 e. The van der Waals surface area contributed by atoms with Crippen molar-refractivity contribution >= 4 is 16.9 Å². The summed E-state index contributed by atoms with van der Waals surface area (Å²) in [5.41, 5.74) is 2.48. The second kappa shape index (κ2) is 6.51. The van der Waals surface area contributed by atoms with Gasteiger partial charge in [-0.15, -0.1) is 0 Å². The number of aromatic nitrogens is 3. The number of nitrogens with one attached hydrogen (secondary N) is 1. The Labute approximate surface area is 143 Å². The van der Waals surface area contributed by atoms with Crippen molar-refractivity contribution in [3.63, 3.8) is 0 Å². The highest BCUT2D eigenvalue weighted by Crippen LogP contribution is 2.25. The molecule has 0 spiro atoms. The zero-order valence-corrected chi connectivity index (χ0v) is 15.2. The summed E-state index contributed by atoms with van der Waals surface area (Å²) in [5.74, 6) is 0.347. The van der Waals surface area contributed by atoms with Gasteiger partial charge < -0.3 is 10.2 Å². The normalized spacial score (nSPS) is 18.8. The number of carbonyl (C=O) groups excluding carboxylic acids is 1. The molecule has 1 aliphatic rings. The molecule has 1 fully saturated rings. The number of piperazine rings is 1. The van der Waals surface area contributed by atoms with Crippen LogP contribution >= 0.6 is 0 Å². The number of fused-ring (bicyclic) bond motifs is 1. The first kappa shape index (κ1) is 16.9. The molecule has 130 valence electrons. The Hall–Kier alpha value is -1.95. The number of hydrogen-bond acceptors (Lipinski definition) is 4. The predicted octanol–water partition coefficient (Wildman–Crippen LogP) is 2.57. The van der Waals surface area contributed by atoms with Crippen LogP contribution in [0, 0.1) is 0 Å². The first-order valence-electron chi connectivity index (χ1n) is 8.79. The summed E-state index contributed by atoms with van der Waals surface area (Å²) in [4.78, 5) is 19.9. The summed E-state index contributed by atoms with van der Waals surface area (Å²) in [5, 5.41) is 8.70. The Kier molecular flexibility index (Phi) is 4.58. The van der Waals surface area contributed by atoms with Crippen LogP contribution in [0.2, 0.25) is 0 Å². The third-order valence-corrected chi connectivity index (χ3v) is 4.55. The van der Waals surface area contributed by atoms with Gasteiger partial charge in [0.1, 0.15) is 0 Å². The van der Waals surface area contributed by atoms with Gasteiger partial charge in [-0.2, -0.15) is 5.10 Å². The molecule has 1 aliphatic heterocycles. The number of hydrogen-bond donors (Lipinski definition) is 1. The van der Waals surface area contributed by atoms with Crippen LogP contribution in [-0.2, 0) is 0 Å². The van der Waals surface area contributed by atoms with Crippen molar-refractivity contribution in [1.29, 1.82) is 0 Å². The molecular formula is C18H27N5O. The van der Waals surface area contributed by atoms with E-state index in [0.717, 1.165) is 41.9 Å². The van der Waals surface area contributed by atoms with E-state index in [9.17, 15) is 4.79 Å². The van der Waals surface area contributed by atoms with Crippen LogP contribution in [0.5, 0.6) is 0 Å². The quantitative estimate of drug-likeness (QED) is 0.940. The Bertz CT molecular complexity index is 749. The van der Waals surface area contributed by atoms with Gasteiger partial charge in [-0.3, -0.25) is 4.79 Å². The fourth-order valence-electron chi connectivity index (χ4n) is 3.18. The Balaban J connectivity index is 2.10. The molecule has 2 aromatic rings. The molecule has 24 heavy (non-hydrogen) atoms. The summed E-state index contributed by atoms with van der Waals surface area (Å²) in [7, 11) is 0. The van der Waals surface area contributed by atoms with E-state index in [1.165, 1.54) is 0 Å². The highest BCUT2D eigenvalue weighted by atomic mass is 16.2. The van der Waals surface area contributed by atoms with Crippen LogP contribution in [0.15, 0.2) is 12.3 Å². The predicted molar refractivity (Wildman–Crippen MR) is 95.4 cm³/mol. The lowest BCUT2D eigenvalue weighted by Gasteiger charge is -2.32. The SMILES string of the molecule is CC(C)c1cc(C(=O)N2CCN[C@H](C)C2)c2cnn(C(C)C)c2n1. The fourth-order valence-corrected chi connectivity index (χ4v) is 3.18. The number of pyridine rings is 1. The number of nitrogens with zero attached hydrogens (tertiary/aromatic N) is 4. The van der Waals surface area contributed by atoms with Gasteiger partial charge in [-0.25, -0.2) is 9.67 Å². The number of rotatable bonds is 3. The molecule has 6 heteroatoms. The second-order valence-electron chi connectivity index (χ2n) is 7.28. The Morgan fingerprint density at radius 3 is 2.71 bits per heavy atom. The van der Waals surface area contributed by atoms with E-state index in [2.05, 4.69) is 45.0 Å². The zero-order valence-electron chi connectivity index (χ0n) is 15.2. The van der Waals surface area contributed by atoms with E-state index in [-0.39, 0.29) is 17.9 Å². The molecule has 1 N–H and O–H groups in total. The van der Waals surface area contributed by atoms with Crippen molar-refractivity contribution in [2.45, 2.75) is 52.6 Å². The van der Waals surface area contributed by atoms with Crippen molar-refractivity contribution in [3.05, 3.63) is 23.5 Å². The van der Waals surface area contributed by atoms with E-state index < -0.39 is 0 Å². The molecule has 0 radical (unpaired) electrons. The summed E-state index contributed by atoms with van der Waals surface area (Å²) >= 11 is 0. The van der Waals surface area contributed by atoms with E-state index in [0.29, 0.717) is 6.04 Å². The average molecular weight is 329 g/mol. The standard InChI is InChI=1S/C18H27N5O/c1-11(2)16-8-14(18(24)22-7-6-19-13(5)10-22)15-9-20-23(12(3)4)17(15)21-16/h8-9,11-13,19H,6-7,10H2,1-5H3/t13-/m1/s1.